The highest BCUT2D eigenvalue weighted by molar-refractivity contribution is 5.95. The quantitative estimate of drug-likeness (QED) is 0.474. The molecule has 0 aromatic heterocycles. The third-order valence-corrected chi connectivity index (χ3v) is 3.44. The molecule has 0 spiro atoms. The molecule has 0 fully saturated rings. The number of halogens is 1. The highest BCUT2D eigenvalue weighted by Gasteiger charge is 2.24. The van der Waals surface area contributed by atoms with Gasteiger partial charge in [-0.1, -0.05) is 0 Å². The van der Waals surface area contributed by atoms with E-state index in [4.69, 9.17) is 4.74 Å². The maximum Gasteiger partial charge on any atom is 0.344 e. The van der Waals surface area contributed by atoms with Crippen LogP contribution in [0.3, 0.4) is 0 Å². The number of benzene rings is 1. The molecule has 0 saturated heterocycles. The van der Waals surface area contributed by atoms with Crippen molar-refractivity contribution in [3.63, 3.8) is 0 Å². The van der Waals surface area contributed by atoms with Crippen LogP contribution in [0.25, 0.3) is 0 Å². The molecule has 0 aliphatic carbocycles. The number of methoxy groups -OCH3 is 1. The van der Waals surface area contributed by atoms with E-state index >= 15 is 0 Å². The monoisotopic (exact) mass is 321 g/mol. The summed E-state index contributed by atoms with van der Waals surface area (Å²) in [5, 5.41) is 13.1. The van der Waals surface area contributed by atoms with Crippen molar-refractivity contribution in [3.8, 4) is 5.75 Å². The first-order chi connectivity index (χ1) is 11.1. The molecule has 1 aromatic rings. The summed E-state index contributed by atoms with van der Waals surface area (Å²) in [4.78, 5) is 15.3. The Kier molecular flexibility index (Phi) is 5.62. The fourth-order valence-electron chi connectivity index (χ4n) is 2.21. The van der Waals surface area contributed by atoms with Gasteiger partial charge in [0.05, 0.1) is 36.2 Å². The van der Waals surface area contributed by atoms with Gasteiger partial charge in [-0.05, 0) is 31.0 Å². The van der Waals surface area contributed by atoms with Gasteiger partial charge in [-0.2, -0.15) is 0 Å². The first-order valence-electron chi connectivity index (χ1n) is 7.16. The SMILES string of the molecule is COC(=O)c1ccc(F)c(OCCCC2=C(CO)N=[N+]=C2C)c1. The highest BCUT2D eigenvalue weighted by atomic mass is 19.1. The summed E-state index contributed by atoms with van der Waals surface area (Å²) in [6, 6.07) is 3.82. The second-order valence-electron chi connectivity index (χ2n) is 4.96. The normalized spacial score (nSPS) is 13.3. The smallest absolute Gasteiger partial charge is 0.344 e. The molecule has 0 amide bonds. The number of esters is 1. The maximum atomic E-state index is 13.7. The molecule has 1 N–H and O–H groups in total. The van der Waals surface area contributed by atoms with Crippen LogP contribution in [0.1, 0.15) is 30.1 Å². The van der Waals surface area contributed by atoms with Crippen LogP contribution in [0.4, 0.5) is 4.39 Å². The van der Waals surface area contributed by atoms with Gasteiger partial charge in [0.1, 0.15) is 5.11 Å². The Hall–Kier alpha value is -2.50. The standard InChI is InChI=1S/C16H18FN2O4/c1-10-12(14(9-20)19-18-10)4-3-7-23-15-8-11(16(21)22-2)5-6-13(15)17/h5-6,8,20H,3-4,7,9H2,1-2H3/q+1. The van der Waals surface area contributed by atoms with Crippen molar-refractivity contribution in [2.75, 3.05) is 20.3 Å². The molecule has 0 saturated carbocycles. The van der Waals surface area contributed by atoms with Crippen LogP contribution < -0.4 is 4.74 Å². The molecule has 1 aliphatic rings. The number of aliphatic hydroxyl groups excluding tert-OH is 1. The van der Waals surface area contributed by atoms with Gasteiger partial charge in [0.15, 0.2) is 17.3 Å². The Morgan fingerprint density at radius 1 is 1.43 bits per heavy atom. The van der Waals surface area contributed by atoms with Gasteiger partial charge >= 0.3 is 11.7 Å². The lowest BCUT2D eigenvalue weighted by Crippen LogP contribution is -2.06. The molecule has 0 atom stereocenters. The lowest BCUT2D eigenvalue weighted by atomic mass is 10.0. The molecule has 7 heteroatoms. The summed E-state index contributed by atoms with van der Waals surface area (Å²) in [7, 11) is 1.26. The zero-order chi connectivity index (χ0) is 16.8. The van der Waals surface area contributed by atoms with Gasteiger partial charge < -0.3 is 14.6 Å². The lowest BCUT2D eigenvalue weighted by Gasteiger charge is -2.08. The summed E-state index contributed by atoms with van der Waals surface area (Å²) in [5.74, 6) is -1.08. The van der Waals surface area contributed by atoms with E-state index in [0.29, 0.717) is 18.5 Å². The molecule has 0 bridgehead atoms. The number of rotatable bonds is 7. The predicted molar refractivity (Wildman–Crippen MR) is 79.9 cm³/mol. The summed E-state index contributed by atoms with van der Waals surface area (Å²) in [5.41, 5.74) is 2.45. The van der Waals surface area contributed by atoms with Crippen molar-refractivity contribution >= 4 is 11.7 Å². The molecule has 23 heavy (non-hydrogen) atoms. The minimum absolute atomic E-state index is 0.00533. The van der Waals surface area contributed by atoms with Gasteiger partial charge in [0.25, 0.3) is 0 Å². The zero-order valence-corrected chi connectivity index (χ0v) is 13.0. The number of ether oxygens (including phenoxy) is 2. The van der Waals surface area contributed by atoms with Gasteiger partial charge in [-0.25, -0.2) is 9.18 Å². The van der Waals surface area contributed by atoms with Gasteiger partial charge in [0, 0.05) is 6.92 Å². The van der Waals surface area contributed by atoms with Crippen LogP contribution in [0, 0.1) is 5.82 Å². The molecule has 6 nitrogen and oxygen atoms in total. The minimum Gasteiger partial charge on any atom is -0.490 e. The third-order valence-electron chi connectivity index (χ3n) is 3.44. The minimum atomic E-state index is -0.549. The van der Waals surface area contributed by atoms with Crippen molar-refractivity contribution in [2.24, 2.45) is 5.11 Å². The van der Waals surface area contributed by atoms with Crippen LogP contribution in [0.5, 0.6) is 5.75 Å². The van der Waals surface area contributed by atoms with Crippen LogP contribution in [-0.2, 0) is 4.74 Å². The number of carbonyl (C=O) groups is 1. The highest BCUT2D eigenvalue weighted by Crippen LogP contribution is 2.21. The number of aliphatic hydroxyl groups is 1. The largest absolute Gasteiger partial charge is 0.490 e. The Morgan fingerprint density at radius 3 is 2.91 bits per heavy atom. The second-order valence-corrected chi connectivity index (χ2v) is 4.96. The van der Waals surface area contributed by atoms with E-state index in [1.807, 2.05) is 6.92 Å². The summed E-state index contributed by atoms with van der Waals surface area (Å²) >= 11 is 0. The Labute approximate surface area is 133 Å². The number of nitrogens with zero attached hydrogens (tertiary/aromatic N) is 2. The maximum absolute atomic E-state index is 13.7. The molecule has 2 rings (SSSR count). The van der Waals surface area contributed by atoms with E-state index < -0.39 is 11.8 Å². The Balaban J connectivity index is 1.92. The van der Waals surface area contributed by atoms with Gasteiger partial charge in [-0.3, -0.25) is 0 Å². The van der Waals surface area contributed by atoms with E-state index in [2.05, 4.69) is 14.6 Å². The molecule has 1 aliphatic heterocycles. The van der Waals surface area contributed by atoms with Crippen LogP contribution in [0.2, 0.25) is 0 Å². The van der Waals surface area contributed by atoms with E-state index in [1.54, 1.807) is 0 Å². The molecular weight excluding hydrogens is 303 g/mol. The fourth-order valence-corrected chi connectivity index (χ4v) is 2.21. The molecule has 1 heterocycles. The summed E-state index contributed by atoms with van der Waals surface area (Å²) in [6.45, 7) is 1.92. The van der Waals surface area contributed by atoms with Crippen molar-refractivity contribution in [3.05, 3.63) is 40.8 Å². The van der Waals surface area contributed by atoms with E-state index in [1.165, 1.54) is 25.3 Å². The number of carbonyl (C=O) groups excluding carboxylic acids is 1. The van der Waals surface area contributed by atoms with E-state index in [9.17, 15) is 14.3 Å². The predicted octanol–water partition coefficient (Wildman–Crippen LogP) is 2.15. The molecule has 0 unspecified atom stereocenters. The first kappa shape index (κ1) is 16.9. The number of hydrogen-bond acceptors (Lipinski definition) is 5. The topological polar surface area (TPSA) is 82.2 Å². The van der Waals surface area contributed by atoms with E-state index in [-0.39, 0.29) is 24.5 Å². The number of hydrogen-bond donors (Lipinski definition) is 1. The Morgan fingerprint density at radius 2 is 2.22 bits per heavy atom. The average molecular weight is 321 g/mol. The molecule has 1 aromatic carbocycles. The molecular formula is C16H18FN2O4+. The summed E-state index contributed by atoms with van der Waals surface area (Å²) < 4.78 is 23.7. The van der Waals surface area contributed by atoms with Crippen molar-refractivity contribution in [1.29, 1.82) is 0 Å². The van der Waals surface area contributed by atoms with Crippen molar-refractivity contribution in [2.45, 2.75) is 19.8 Å². The molecule has 0 radical (unpaired) electrons. The fraction of sp³-hybridized carbons (Fsp3) is 0.375. The summed E-state index contributed by atoms with van der Waals surface area (Å²) in [6.07, 6.45) is 1.22. The first-order valence-corrected chi connectivity index (χ1v) is 7.16. The van der Waals surface area contributed by atoms with Gasteiger partial charge in [0.2, 0.25) is 0 Å². The zero-order valence-electron chi connectivity index (χ0n) is 13.0. The van der Waals surface area contributed by atoms with Crippen molar-refractivity contribution in [1.82, 2.24) is 0 Å². The van der Waals surface area contributed by atoms with Crippen LogP contribution >= 0.6 is 0 Å². The second kappa shape index (κ2) is 7.67. The Bertz CT molecular complexity index is 706. The van der Waals surface area contributed by atoms with Gasteiger partial charge in [-0.15, -0.1) is 0 Å². The molecule has 122 valence electrons. The van der Waals surface area contributed by atoms with Crippen LogP contribution in [0.15, 0.2) is 34.6 Å². The number of allylic oxidation sites excluding steroid dienone is 1. The third kappa shape index (κ3) is 4.03. The van der Waals surface area contributed by atoms with E-state index in [0.717, 1.165) is 11.3 Å². The average Bonchev–Trinajstić information content (AvgIpc) is 2.92. The lowest BCUT2D eigenvalue weighted by molar-refractivity contribution is -0.0777. The van der Waals surface area contributed by atoms with Crippen LogP contribution in [-0.4, -0.2) is 41.9 Å². The van der Waals surface area contributed by atoms with Crippen molar-refractivity contribution < 1.29 is 28.6 Å².